The van der Waals surface area contributed by atoms with Crippen molar-refractivity contribution in [1.29, 1.82) is 0 Å². The average Bonchev–Trinajstić information content (AvgIpc) is 3.11. The first-order valence-electron chi connectivity index (χ1n) is 9.95. The summed E-state index contributed by atoms with van der Waals surface area (Å²) in [5.74, 6) is -1.74. The van der Waals surface area contributed by atoms with Gasteiger partial charge >= 0.3 is 0 Å². The van der Waals surface area contributed by atoms with Crippen LogP contribution in [-0.4, -0.2) is 47.4 Å². The van der Waals surface area contributed by atoms with Crippen molar-refractivity contribution in [2.75, 3.05) is 17.2 Å². The van der Waals surface area contributed by atoms with Gasteiger partial charge in [-0.25, -0.2) is 8.78 Å². The highest BCUT2D eigenvalue weighted by Gasteiger charge is 2.38. The molecule has 3 amide bonds. The molecule has 162 valence electrons. The maximum Gasteiger partial charge on any atom is 0.249 e. The van der Waals surface area contributed by atoms with E-state index in [4.69, 9.17) is 0 Å². The molecule has 4 rings (SSSR count). The van der Waals surface area contributed by atoms with E-state index in [1.54, 1.807) is 30.3 Å². The molecular formula is C22H21F2N3O3S. The van der Waals surface area contributed by atoms with Crippen LogP contribution in [0.1, 0.15) is 12.0 Å². The van der Waals surface area contributed by atoms with Gasteiger partial charge in [-0.05, 0) is 36.6 Å². The number of carbonyl (C=O) groups is 3. The molecule has 0 aromatic heterocycles. The van der Waals surface area contributed by atoms with E-state index in [0.29, 0.717) is 24.3 Å². The van der Waals surface area contributed by atoms with E-state index in [2.05, 4.69) is 10.6 Å². The van der Waals surface area contributed by atoms with Crippen LogP contribution in [0.2, 0.25) is 0 Å². The largest absolute Gasteiger partial charge is 0.343 e. The molecule has 3 atom stereocenters. The molecule has 2 fully saturated rings. The number of thioether (sulfide) groups is 1. The predicted molar refractivity (Wildman–Crippen MR) is 114 cm³/mol. The van der Waals surface area contributed by atoms with Crippen LogP contribution >= 0.6 is 11.8 Å². The third-order valence-electron chi connectivity index (χ3n) is 5.42. The number of anilines is 1. The van der Waals surface area contributed by atoms with Crippen LogP contribution in [0.4, 0.5) is 14.5 Å². The minimum absolute atomic E-state index is 0.182. The molecule has 0 saturated carbocycles. The predicted octanol–water partition coefficient (Wildman–Crippen LogP) is 2.03. The summed E-state index contributed by atoms with van der Waals surface area (Å²) in [6.45, 7) is 0.293. The third-order valence-corrected chi connectivity index (χ3v) is 6.73. The summed E-state index contributed by atoms with van der Waals surface area (Å²) in [6.07, 6.45) is 0.582. The van der Waals surface area contributed by atoms with Gasteiger partial charge < -0.3 is 15.5 Å². The van der Waals surface area contributed by atoms with E-state index < -0.39 is 29.1 Å². The van der Waals surface area contributed by atoms with Crippen molar-refractivity contribution in [3.8, 4) is 0 Å². The minimum atomic E-state index is -0.787. The van der Waals surface area contributed by atoms with Crippen molar-refractivity contribution >= 4 is 35.2 Å². The molecule has 2 aliphatic heterocycles. The van der Waals surface area contributed by atoms with Crippen molar-refractivity contribution < 1.29 is 23.2 Å². The van der Waals surface area contributed by atoms with Gasteiger partial charge in [0.05, 0.1) is 10.9 Å². The van der Waals surface area contributed by atoms with Crippen LogP contribution in [0, 0.1) is 11.6 Å². The number of halogens is 2. The van der Waals surface area contributed by atoms with Crippen molar-refractivity contribution in [2.24, 2.45) is 0 Å². The van der Waals surface area contributed by atoms with Crippen LogP contribution in [0.15, 0.2) is 48.5 Å². The number of hydrogen-bond acceptors (Lipinski definition) is 4. The van der Waals surface area contributed by atoms with Crippen LogP contribution in [-0.2, 0) is 20.8 Å². The van der Waals surface area contributed by atoms with Crippen molar-refractivity contribution in [3.05, 3.63) is 65.7 Å². The van der Waals surface area contributed by atoms with Gasteiger partial charge in [-0.15, -0.1) is 11.8 Å². The zero-order valence-electron chi connectivity index (χ0n) is 16.5. The lowest BCUT2D eigenvalue weighted by Crippen LogP contribution is -2.56. The van der Waals surface area contributed by atoms with Crippen LogP contribution in [0.25, 0.3) is 0 Å². The molecule has 0 spiro atoms. The average molecular weight is 445 g/mol. The van der Waals surface area contributed by atoms with E-state index in [-0.39, 0.29) is 29.7 Å². The molecular weight excluding hydrogens is 424 g/mol. The van der Waals surface area contributed by atoms with E-state index in [1.807, 2.05) is 0 Å². The van der Waals surface area contributed by atoms with Gasteiger partial charge in [0.15, 0.2) is 0 Å². The molecule has 2 heterocycles. The zero-order chi connectivity index (χ0) is 22.0. The lowest BCUT2D eigenvalue weighted by atomic mass is 10.1. The van der Waals surface area contributed by atoms with Gasteiger partial charge in [0.25, 0.3) is 0 Å². The highest BCUT2D eigenvalue weighted by atomic mass is 32.2. The Morgan fingerprint density at radius 3 is 2.52 bits per heavy atom. The van der Waals surface area contributed by atoms with Gasteiger partial charge in [0.2, 0.25) is 17.7 Å². The lowest BCUT2D eigenvalue weighted by molar-refractivity contribution is -0.130. The Hall–Kier alpha value is -2.94. The highest BCUT2D eigenvalue weighted by Crippen LogP contribution is 2.26. The van der Waals surface area contributed by atoms with Gasteiger partial charge in [0, 0.05) is 12.3 Å². The molecule has 3 unspecified atom stereocenters. The number of para-hydroxylation sites is 1. The molecule has 2 aromatic rings. The van der Waals surface area contributed by atoms with Crippen molar-refractivity contribution in [3.63, 3.8) is 0 Å². The topological polar surface area (TPSA) is 78.5 Å². The summed E-state index contributed by atoms with van der Waals surface area (Å²) in [6, 6.07) is 10.7. The lowest BCUT2D eigenvalue weighted by Gasteiger charge is -2.29. The zero-order valence-corrected chi connectivity index (χ0v) is 17.3. The summed E-state index contributed by atoms with van der Waals surface area (Å²) in [5, 5.41) is 4.84. The van der Waals surface area contributed by atoms with Crippen molar-refractivity contribution in [2.45, 2.75) is 30.2 Å². The molecule has 2 saturated heterocycles. The number of benzene rings is 2. The maximum atomic E-state index is 14.0. The Morgan fingerprint density at radius 2 is 1.81 bits per heavy atom. The normalized spacial score (nSPS) is 23.5. The standard InChI is InChI=1S/C22H21F2N3O3S/c23-14-6-2-1-5-13(14)11-19-21(29)26-17(12-31-19)20(28)25-16-9-10-27(22(16)30)18-8-4-3-7-15(18)24/h1-8,16-17,19H,9-12H2,(H,25,28)(H,26,29). The van der Waals surface area contributed by atoms with E-state index in [0.717, 1.165) is 0 Å². The van der Waals surface area contributed by atoms with Gasteiger partial charge in [0.1, 0.15) is 23.7 Å². The SMILES string of the molecule is O=C(NC1CCN(c2ccccc2F)C1=O)C1CSC(Cc2ccccc2F)C(=O)N1. The molecule has 9 heteroatoms. The Balaban J connectivity index is 1.33. The third kappa shape index (κ3) is 4.56. The number of rotatable bonds is 5. The maximum absolute atomic E-state index is 14.0. The number of hydrogen-bond donors (Lipinski definition) is 2. The molecule has 0 aliphatic carbocycles. The first-order chi connectivity index (χ1) is 14.9. The highest BCUT2D eigenvalue weighted by molar-refractivity contribution is 8.00. The van der Waals surface area contributed by atoms with E-state index >= 15 is 0 Å². The van der Waals surface area contributed by atoms with Gasteiger partial charge in [-0.2, -0.15) is 0 Å². The van der Waals surface area contributed by atoms with Crippen LogP contribution in [0.3, 0.4) is 0 Å². The molecule has 2 aliphatic rings. The molecule has 0 bridgehead atoms. The molecule has 0 radical (unpaired) electrons. The first kappa shape index (κ1) is 21.3. The quantitative estimate of drug-likeness (QED) is 0.738. The van der Waals surface area contributed by atoms with Crippen molar-refractivity contribution in [1.82, 2.24) is 10.6 Å². The number of amides is 3. The first-order valence-corrected chi connectivity index (χ1v) is 11.0. The van der Waals surface area contributed by atoms with Crippen LogP contribution < -0.4 is 15.5 Å². The second kappa shape index (κ2) is 9.05. The Bertz CT molecular complexity index is 1020. The summed E-state index contributed by atoms with van der Waals surface area (Å²) < 4.78 is 27.9. The number of carbonyl (C=O) groups excluding carboxylic acids is 3. The summed E-state index contributed by atoms with van der Waals surface area (Å²) in [7, 11) is 0. The number of nitrogens with zero attached hydrogens (tertiary/aromatic N) is 1. The fourth-order valence-corrected chi connectivity index (χ4v) is 4.92. The summed E-state index contributed by atoms with van der Waals surface area (Å²) in [4.78, 5) is 39.0. The monoisotopic (exact) mass is 445 g/mol. The summed E-state index contributed by atoms with van der Waals surface area (Å²) in [5.41, 5.74) is 0.629. The molecule has 31 heavy (non-hydrogen) atoms. The van der Waals surface area contributed by atoms with Gasteiger partial charge in [-0.1, -0.05) is 30.3 Å². The van der Waals surface area contributed by atoms with Crippen LogP contribution in [0.5, 0.6) is 0 Å². The van der Waals surface area contributed by atoms with E-state index in [1.165, 1.54) is 34.9 Å². The molecule has 2 aromatic carbocycles. The smallest absolute Gasteiger partial charge is 0.249 e. The molecule has 2 N–H and O–H groups in total. The fourth-order valence-electron chi connectivity index (χ4n) is 3.75. The Kier molecular flexibility index (Phi) is 6.22. The van der Waals surface area contributed by atoms with E-state index in [9.17, 15) is 23.2 Å². The fraction of sp³-hybridized carbons (Fsp3) is 0.318. The molecule has 6 nitrogen and oxygen atoms in total. The minimum Gasteiger partial charge on any atom is -0.343 e. The summed E-state index contributed by atoms with van der Waals surface area (Å²) >= 11 is 1.28. The Labute approximate surface area is 182 Å². The van der Waals surface area contributed by atoms with Gasteiger partial charge in [-0.3, -0.25) is 14.4 Å². The Morgan fingerprint density at radius 1 is 1.10 bits per heavy atom. The second-order valence-electron chi connectivity index (χ2n) is 7.47. The second-order valence-corrected chi connectivity index (χ2v) is 8.71. The number of nitrogens with one attached hydrogen (secondary N) is 2.